The van der Waals surface area contributed by atoms with E-state index in [0.29, 0.717) is 17.3 Å². The molecule has 4 aliphatic rings. The van der Waals surface area contributed by atoms with E-state index in [-0.39, 0.29) is 11.3 Å². The number of hydrogen-bond donors (Lipinski definition) is 2. The quantitative estimate of drug-likeness (QED) is 0.750. The average molecular weight is 402 g/mol. The molecule has 2 unspecified atom stereocenters. The molecule has 4 bridgehead atoms. The van der Waals surface area contributed by atoms with Crippen molar-refractivity contribution in [3.8, 4) is 0 Å². The molecule has 25 heavy (non-hydrogen) atoms. The van der Waals surface area contributed by atoms with Crippen molar-refractivity contribution in [2.75, 3.05) is 0 Å². The molecule has 1 heterocycles. The lowest BCUT2D eigenvalue weighted by molar-refractivity contribution is -0.128. The predicted molar refractivity (Wildman–Crippen MR) is 101 cm³/mol. The van der Waals surface area contributed by atoms with E-state index in [1.54, 1.807) is 0 Å². The summed E-state index contributed by atoms with van der Waals surface area (Å²) in [6.07, 6.45) is 8.34. The molecule has 2 aromatic rings. The Morgan fingerprint density at radius 3 is 2.72 bits per heavy atom. The first-order valence-corrected chi connectivity index (χ1v) is 10.2. The maximum atomic E-state index is 12.7. The molecular weight excluding hydrogens is 378 g/mol. The molecule has 0 radical (unpaired) electrons. The summed E-state index contributed by atoms with van der Waals surface area (Å²) < 4.78 is 0.316. The monoisotopic (exact) mass is 401 g/mol. The number of imidazole rings is 1. The molecule has 4 nitrogen and oxygen atoms in total. The van der Waals surface area contributed by atoms with E-state index < -0.39 is 0 Å². The van der Waals surface area contributed by atoms with Crippen molar-refractivity contribution in [2.45, 2.75) is 55.8 Å². The standard InChI is InChI=1S/C20H24BrN3O/c21-20-8-13-5-14(9-20)7-19(6-13,12-20)10-18(25)22-11-17-23-15-3-1-2-4-16(15)24-17/h1-4,13-14H,5-12H2,(H,22,25)(H,23,24). The number of aromatic amines is 1. The number of para-hydroxylation sites is 2. The van der Waals surface area contributed by atoms with Gasteiger partial charge in [-0.25, -0.2) is 4.98 Å². The SMILES string of the molecule is O=C(CC12CC3CC(CC(Br)(C3)C1)C2)NCc1nc2ccccc2[nH]1. The van der Waals surface area contributed by atoms with Gasteiger partial charge in [0.15, 0.2) is 0 Å². The van der Waals surface area contributed by atoms with Gasteiger partial charge in [-0.2, -0.15) is 0 Å². The number of nitrogens with zero attached hydrogens (tertiary/aromatic N) is 1. The van der Waals surface area contributed by atoms with Crippen LogP contribution in [-0.2, 0) is 11.3 Å². The van der Waals surface area contributed by atoms with Gasteiger partial charge in [-0.15, -0.1) is 0 Å². The number of carbonyl (C=O) groups is 1. The lowest BCUT2D eigenvalue weighted by Crippen LogP contribution is -2.54. The van der Waals surface area contributed by atoms with Crippen LogP contribution in [0.1, 0.15) is 50.8 Å². The summed E-state index contributed by atoms with van der Waals surface area (Å²) in [5.41, 5.74) is 2.20. The molecule has 5 heteroatoms. The lowest BCUT2D eigenvalue weighted by atomic mass is 9.48. The van der Waals surface area contributed by atoms with Crippen LogP contribution in [0.25, 0.3) is 11.0 Å². The number of aromatic nitrogens is 2. The lowest BCUT2D eigenvalue weighted by Gasteiger charge is -2.60. The van der Waals surface area contributed by atoms with Crippen LogP contribution in [0.3, 0.4) is 0 Å². The largest absolute Gasteiger partial charge is 0.349 e. The Balaban J connectivity index is 1.25. The number of carbonyl (C=O) groups excluding carboxylic acids is 1. The first-order chi connectivity index (χ1) is 12.0. The highest BCUT2D eigenvalue weighted by atomic mass is 79.9. The van der Waals surface area contributed by atoms with E-state index in [0.717, 1.165) is 28.7 Å². The molecule has 0 saturated heterocycles. The van der Waals surface area contributed by atoms with Crippen LogP contribution >= 0.6 is 15.9 Å². The van der Waals surface area contributed by atoms with E-state index in [1.165, 1.54) is 38.5 Å². The molecule has 2 atom stereocenters. The van der Waals surface area contributed by atoms with Gasteiger partial charge in [0.2, 0.25) is 5.91 Å². The van der Waals surface area contributed by atoms with E-state index >= 15 is 0 Å². The number of nitrogens with one attached hydrogen (secondary N) is 2. The van der Waals surface area contributed by atoms with E-state index in [1.807, 2.05) is 24.3 Å². The van der Waals surface area contributed by atoms with Crippen LogP contribution in [0.5, 0.6) is 0 Å². The predicted octanol–water partition coefficient (Wildman–Crippen LogP) is 4.30. The molecule has 132 valence electrons. The number of benzene rings is 1. The van der Waals surface area contributed by atoms with Crippen molar-refractivity contribution in [3.63, 3.8) is 0 Å². The van der Waals surface area contributed by atoms with Crippen LogP contribution in [-0.4, -0.2) is 20.2 Å². The normalized spacial score (nSPS) is 36.0. The maximum Gasteiger partial charge on any atom is 0.220 e. The summed E-state index contributed by atoms with van der Waals surface area (Å²) >= 11 is 4.03. The molecule has 1 aromatic carbocycles. The molecule has 4 saturated carbocycles. The first-order valence-electron chi connectivity index (χ1n) is 9.40. The van der Waals surface area contributed by atoms with Crippen LogP contribution in [0, 0.1) is 17.3 Å². The van der Waals surface area contributed by atoms with Crippen molar-refractivity contribution in [1.29, 1.82) is 0 Å². The number of alkyl halides is 1. The molecule has 0 spiro atoms. The first kappa shape index (κ1) is 15.9. The highest BCUT2D eigenvalue weighted by molar-refractivity contribution is 9.10. The van der Waals surface area contributed by atoms with Gasteiger partial charge in [-0.05, 0) is 67.9 Å². The third-order valence-electron chi connectivity index (χ3n) is 6.54. The Kier molecular flexibility index (Phi) is 3.53. The molecule has 4 fully saturated rings. The number of fused-ring (bicyclic) bond motifs is 1. The number of amides is 1. The maximum absolute atomic E-state index is 12.7. The Morgan fingerprint density at radius 2 is 2.00 bits per heavy atom. The minimum absolute atomic E-state index is 0.179. The number of rotatable bonds is 4. The third kappa shape index (κ3) is 2.90. The van der Waals surface area contributed by atoms with Crippen molar-refractivity contribution in [2.24, 2.45) is 17.3 Å². The van der Waals surface area contributed by atoms with Crippen molar-refractivity contribution in [1.82, 2.24) is 15.3 Å². The van der Waals surface area contributed by atoms with Gasteiger partial charge in [0.05, 0.1) is 17.6 Å². The zero-order valence-corrected chi connectivity index (χ0v) is 15.9. The summed E-state index contributed by atoms with van der Waals surface area (Å²) in [4.78, 5) is 20.5. The third-order valence-corrected chi connectivity index (χ3v) is 7.47. The van der Waals surface area contributed by atoms with Crippen LogP contribution < -0.4 is 5.32 Å². The summed E-state index contributed by atoms with van der Waals surface area (Å²) in [7, 11) is 0. The fourth-order valence-corrected chi connectivity index (χ4v) is 7.73. The molecule has 6 rings (SSSR count). The average Bonchev–Trinajstić information content (AvgIpc) is 2.93. The molecule has 2 N–H and O–H groups in total. The summed E-state index contributed by atoms with van der Waals surface area (Å²) in [6, 6.07) is 7.97. The van der Waals surface area contributed by atoms with E-state index in [2.05, 4.69) is 31.2 Å². The van der Waals surface area contributed by atoms with Crippen molar-refractivity contribution in [3.05, 3.63) is 30.1 Å². The van der Waals surface area contributed by atoms with Gasteiger partial charge in [-0.1, -0.05) is 28.1 Å². The fourth-order valence-electron chi connectivity index (χ4n) is 6.22. The summed E-state index contributed by atoms with van der Waals surface area (Å²) in [5.74, 6) is 2.66. The van der Waals surface area contributed by atoms with Gasteiger partial charge in [0.25, 0.3) is 0 Å². The zero-order valence-electron chi connectivity index (χ0n) is 14.4. The summed E-state index contributed by atoms with van der Waals surface area (Å²) in [5, 5.41) is 3.10. The van der Waals surface area contributed by atoms with Crippen LogP contribution in [0.2, 0.25) is 0 Å². The minimum Gasteiger partial charge on any atom is -0.349 e. The zero-order chi connectivity index (χ0) is 17.1. The fraction of sp³-hybridized carbons (Fsp3) is 0.600. The highest BCUT2D eigenvalue weighted by Crippen LogP contribution is 2.65. The van der Waals surface area contributed by atoms with Crippen molar-refractivity contribution < 1.29 is 4.79 Å². The number of hydrogen-bond acceptors (Lipinski definition) is 2. The Bertz CT molecular complexity index is 782. The molecular formula is C20H24BrN3O. The number of H-pyrrole nitrogens is 1. The van der Waals surface area contributed by atoms with Crippen LogP contribution in [0.4, 0.5) is 0 Å². The van der Waals surface area contributed by atoms with Crippen molar-refractivity contribution >= 4 is 32.9 Å². The van der Waals surface area contributed by atoms with Crippen LogP contribution in [0.15, 0.2) is 24.3 Å². The van der Waals surface area contributed by atoms with Gasteiger partial charge < -0.3 is 10.3 Å². The summed E-state index contributed by atoms with van der Waals surface area (Å²) in [6.45, 7) is 0.482. The second kappa shape index (κ2) is 5.57. The minimum atomic E-state index is 0.179. The Hall–Kier alpha value is -1.36. The topological polar surface area (TPSA) is 57.8 Å². The highest BCUT2D eigenvalue weighted by Gasteiger charge is 2.57. The Labute approximate surface area is 156 Å². The molecule has 1 amide bonds. The second-order valence-corrected chi connectivity index (χ2v) is 10.4. The van der Waals surface area contributed by atoms with Gasteiger partial charge >= 0.3 is 0 Å². The van der Waals surface area contributed by atoms with E-state index in [9.17, 15) is 4.79 Å². The Morgan fingerprint density at radius 1 is 1.24 bits per heavy atom. The molecule has 4 aliphatic carbocycles. The van der Waals surface area contributed by atoms with E-state index in [4.69, 9.17) is 0 Å². The number of halogens is 1. The molecule has 0 aliphatic heterocycles. The smallest absolute Gasteiger partial charge is 0.220 e. The molecule has 1 aromatic heterocycles. The second-order valence-electron chi connectivity index (χ2n) is 8.77. The van der Waals surface area contributed by atoms with Gasteiger partial charge in [0.1, 0.15) is 5.82 Å². The van der Waals surface area contributed by atoms with Gasteiger partial charge in [0, 0.05) is 10.7 Å². The van der Waals surface area contributed by atoms with Gasteiger partial charge in [-0.3, -0.25) is 4.79 Å².